The number of nitrogens with zero attached hydrogens (tertiary/aromatic N) is 5. The van der Waals surface area contributed by atoms with Crippen molar-refractivity contribution in [3.63, 3.8) is 0 Å². The van der Waals surface area contributed by atoms with Crippen LogP contribution in [0.4, 0.5) is 0 Å². The Labute approximate surface area is 618 Å². The lowest BCUT2D eigenvalue weighted by Gasteiger charge is -2.08. The highest BCUT2D eigenvalue weighted by Crippen LogP contribution is 2.48. The van der Waals surface area contributed by atoms with Gasteiger partial charge in [0.05, 0.1) is 11.0 Å². The minimum atomic E-state index is 0.656. The van der Waals surface area contributed by atoms with Crippen LogP contribution in [-0.4, -0.2) is 29.5 Å². The molecule has 0 spiro atoms. The van der Waals surface area contributed by atoms with Crippen LogP contribution >= 0.6 is 56.9 Å². The lowest BCUT2D eigenvalue weighted by molar-refractivity contribution is 0.666. The molecule has 0 aliphatic heterocycles. The molecular formula is C92H51ClN6O2S4. The number of rotatable bonds is 5. The summed E-state index contributed by atoms with van der Waals surface area (Å²) in [5.41, 5.74) is 18.7. The molecule has 492 valence electrons. The number of aromatic amines is 1. The monoisotopic (exact) mass is 1430 g/mol. The van der Waals surface area contributed by atoms with Gasteiger partial charge in [0.1, 0.15) is 46.2 Å². The third kappa shape index (κ3) is 9.55. The third-order valence-electron chi connectivity index (χ3n) is 20.6. The van der Waals surface area contributed by atoms with E-state index in [-0.39, 0.29) is 0 Å². The minimum absolute atomic E-state index is 0.656. The second-order valence-electron chi connectivity index (χ2n) is 26.5. The van der Waals surface area contributed by atoms with Crippen LogP contribution in [0.5, 0.6) is 0 Å². The van der Waals surface area contributed by atoms with Crippen LogP contribution in [0.15, 0.2) is 313 Å². The number of furan rings is 2. The van der Waals surface area contributed by atoms with Gasteiger partial charge < -0.3 is 18.4 Å². The maximum Gasteiger partial charge on any atom is 0.180 e. The molecule has 0 saturated carbocycles. The van der Waals surface area contributed by atoms with Gasteiger partial charge in [0.2, 0.25) is 0 Å². The summed E-state index contributed by atoms with van der Waals surface area (Å²) in [6, 6.07) is 103. The highest BCUT2D eigenvalue weighted by atomic mass is 35.5. The molecule has 8 nitrogen and oxygen atoms in total. The molecule has 0 unspecified atom stereocenters. The van der Waals surface area contributed by atoms with Crippen molar-refractivity contribution in [1.82, 2.24) is 29.5 Å². The van der Waals surface area contributed by atoms with Crippen molar-refractivity contribution in [2.24, 2.45) is 0 Å². The van der Waals surface area contributed by atoms with Crippen LogP contribution in [0, 0.1) is 0 Å². The summed E-state index contributed by atoms with van der Waals surface area (Å²) in [7, 11) is 0. The Balaban J connectivity index is 0.000000110. The maximum absolute atomic E-state index is 6.60. The molecule has 0 saturated heterocycles. The zero-order valence-corrected chi connectivity index (χ0v) is 59.5. The predicted molar refractivity (Wildman–Crippen MR) is 447 cm³/mol. The van der Waals surface area contributed by atoms with E-state index in [1.165, 1.54) is 135 Å². The van der Waals surface area contributed by atoms with Gasteiger partial charge in [0.25, 0.3) is 0 Å². The van der Waals surface area contributed by atoms with Crippen molar-refractivity contribution in [2.75, 3.05) is 0 Å². The number of benzene rings is 14. The molecule has 1 N–H and O–H groups in total. The summed E-state index contributed by atoms with van der Waals surface area (Å²) < 4.78 is 25.7. The van der Waals surface area contributed by atoms with Crippen molar-refractivity contribution in [3.05, 3.63) is 309 Å². The fraction of sp³-hybridized carbons (Fsp3) is 0. The van der Waals surface area contributed by atoms with E-state index in [0.29, 0.717) is 16.2 Å². The van der Waals surface area contributed by atoms with Gasteiger partial charge in [0.15, 0.2) is 11.2 Å². The van der Waals surface area contributed by atoms with E-state index in [0.717, 1.165) is 72.3 Å². The zero-order chi connectivity index (χ0) is 69.0. The van der Waals surface area contributed by atoms with Gasteiger partial charge in [-0.05, 0) is 119 Å². The SMILES string of the molecule is Clc1ccc2oc3c(-c4cccc(-c5cccc6c5sc5ccccc56)c4)ncnc3c2c1.c1cc(-c2ncnc3c2oc2ccc(-n4c5ccccc5c5c6sc7ccccc7c6ccc54)cc23)cc(-c2cccc3c2sc2ccccc23)c1.c1ccc2c(c1)[nH]c1ccc3c4ccccc4sc3c12. The van der Waals surface area contributed by atoms with E-state index in [9.17, 15) is 0 Å². The Morgan fingerprint density at radius 2 is 0.752 bits per heavy atom. The lowest BCUT2D eigenvalue weighted by Crippen LogP contribution is -1.93. The van der Waals surface area contributed by atoms with E-state index < -0.39 is 0 Å². The molecule has 10 aromatic heterocycles. The number of nitrogens with one attached hydrogen (secondary N) is 1. The topological polar surface area (TPSA) is 98.6 Å². The van der Waals surface area contributed by atoms with Gasteiger partial charge in [-0.2, -0.15) is 0 Å². The van der Waals surface area contributed by atoms with E-state index in [4.69, 9.17) is 30.4 Å². The smallest absolute Gasteiger partial charge is 0.180 e. The van der Waals surface area contributed by atoms with Crippen molar-refractivity contribution >= 4 is 225 Å². The molecule has 10 heterocycles. The highest BCUT2D eigenvalue weighted by Gasteiger charge is 2.23. The first-order valence-electron chi connectivity index (χ1n) is 34.6. The van der Waals surface area contributed by atoms with Gasteiger partial charge in [0, 0.05) is 146 Å². The average molecular weight is 1440 g/mol. The summed E-state index contributed by atoms with van der Waals surface area (Å²) >= 11 is 13.7. The summed E-state index contributed by atoms with van der Waals surface area (Å²) in [5.74, 6) is 0. The quantitative estimate of drug-likeness (QED) is 0.184. The second-order valence-corrected chi connectivity index (χ2v) is 31.1. The van der Waals surface area contributed by atoms with Gasteiger partial charge in [-0.1, -0.05) is 206 Å². The largest absolute Gasteiger partial charge is 0.452 e. The molecule has 0 atom stereocenters. The maximum atomic E-state index is 6.60. The predicted octanol–water partition coefficient (Wildman–Crippen LogP) is 28.0. The molecule has 14 aromatic carbocycles. The summed E-state index contributed by atoms with van der Waals surface area (Å²) in [6.07, 6.45) is 3.25. The summed E-state index contributed by atoms with van der Waals surface area (Å²) in [6.45, 7) is 0. The molecule has 0 aliphatic carbocycles. The molecule has 24 rings (SSSR count). The van der Waals surface area contributed by atoms with Crippen LogP contribution in [0.1, 0.15) is 0 Å². The molecular weight excluding hydrogens is 1380 g/mol. The lowest BCUT2D eigenvalue weighted by atomic mass is 9.99. The molecule has 24 aromatic rings. The summed E-state index contributed by atoms with van der Waals surface area (Å²) in [4.78, 5) is 22.2. The van der Waals surface area contributed by atoms with Gasteiger partial charge in [-0.25, -0.2) is 19.9 Å². The number of H-pyrrole nitrogens is 1. The number of para-hydroxylation sites is 2. The number of hydrogen-bond acceptors (Lipinski definition) is 10. The number of halogens is 1. The number of aromatic nitrogens is 6. The molecule has 0 radical (unpaired) electrons. The molecule has 0 amide bonds. The number of fused-ring (bicyclic) bond motifs is 26. The Morgan fingerprint density at radius 3 is 1.33 bits per heavy atom. The van der Waals surface area contributed by atoms with Crippen molar-refractivity contribution < 1.29 is 8.83 Å². The number of thiophene rings is 4. The molecule has 13 heteroatoms. The minimum Gasteiger partial charge on any atom is -0.452 e. The first-order valence-corrected chi connectivity index (χ1v) is 38.3. The fourth-order valence-corrected chi connectivity index (χ4v) is 21.1. The van der Waals surface area contributed by atoms with Gasteiger partial charge >= 0.3 is 0 Å². The first kappa shape index (κ1) is 60.2. The standard InChI is InChI=1S/C46H25N3OS2.C28H15ClN2OS.C18H11NS/c1-4-16-36-34(13-1)41-37(21-20-33-31-12-3-6-18-40(31)52-46(33)41)49(36)28-19-22-38-35(24-28)43-44(50-38)42(47-25-48-43)27-10-7-9-26(23-27)29-14-8-15-32-30-11-2-5-17-39(30)51-45(29)32;29-18-11-12-23-22(14-18)26-27(32-23)25(30-15-31-26)17-6-3-5-16(13-17)19-8-4-9-21-20-7-1-2-10-24(20)33-28(19)21;1-3-7-14-13(6-1)17-15(19-14)10-9-12-11-5-2-4-8-16(11)20-18(12)17/h1-25H;1-15H;1-10,19H. The van der Waals surface area contributed by atoms with E-state index in [2.05, 4.69) is 293 Å². The highest BCUT2D eigenvalue weighted by molar-refractivity contribution is 7.28. The fourth-order valence-electron chi connectivity index (χ4n) is 15.9. The van der Waals surface area contributed by atoms with E-state index in [1.807, 2.05) is 63.5 Å². The average Bonchev–Trinajstić information content (AvgIpc) is 1.55. The van der Waals surface area contributed by atoms with Gasteiger partial charge in [-0.3, -0.25) is 0 Å². The normalized spacial score (nSPS) is 12.0. The Hall–Kier alpha value is -12.4. The van der Waals surface area contributed by atoms with Crippen molar-refractivity contribution in [3.8, 4) is 50.5 Å². The third-order valence-corrected chi connectivity index (χ3v) is 25.7. The van der Waals surface area contributed by atoms with Gasteiger partial charge in [-0.15, -0.1) is 45.3 Å². The Bertz CT molecular complexity index is 7740. The summed E-state index contributed by atoms with van der Waals surface area (Å²) in [5, 5.41) is 18.3. The number of hydrogen-bond donors (Lipinski definition) is 1. The molecule has 105 heavy (non-hydrogen) atoms. The Kier molecular flexibility index (Phi) is 13.7. The molecule has 0 fully saturated rings. The van der Waals surface area contributed by atoms with Crippen molar-refractivity contribution in [2.45, 2.75) is 0 Å². The van der Waals surface area contributed by atoms with E-state index >= 15 is 0 Å². The second kappa shape index (κ2) is 23.8. The van der Waals surface area contributed by atoms with Crippen LogP contribution in [0.25, 0.3) is 219 Å². The van der Waals surface area contributed by atoms with Crippen molar-refractivity contribution in [1.29, 1.82) is 0 Å². The van der Waals surface area contributed by atoms with Crippen LogP contribution < -0.4 is 0 Å². The molecule has 0 aliphatic rings. The molecule has 0 bridgehead atoms. The van der Waals surface area contributed by atoms with Crippen LogP contribution in [0.2, 0.25) is 5.02 Å². The van der Waals surface area contributed by atoms with Crippen LogP contribution in [-0.2, 0) is 0 Å². The first-order chi connectivity index (χ1) is 52.0. The van der Waals surface area contributed by atoms with Crippen LogP contribution in [0.3, 0.4) is 0 Å². The van der Waals surface area contributed by atoms with E-state index in [1.54, 1.807) is 12.7 Å². The Morgan fingerprint density at radius 1 is 0.305 bits per heavy atom. The zero-order valence-electron chi connectivity index (χ0n) is 55.4.